The summed E-state index contributed by atoms with van der Waals surface area (Å²) in [7, 11) is 0. The maximum Gasteiger partial charge on any atom is 0.336 e. The highest BCUT2D eigenvalue weighted by molar-refractivity contribution is 5.89. The van der Waals surface area contributed by atoms with Crippen LogP contribution in [0.3, 0.4) is 0 Å². The van der Waals surface area contributed by atoms with Crippen molar-refractivity contribution in [2.75, 3.05) is 0 Å². The Morgan fingerprint density at radius 3 is 3.00 bits per heavy atom. The fraction of sp³-hybridized carbons (Fsp3) is 0.333. The van der Waals surface area contributed by atoms with Crippen LogP contribution in [-0.4, -0.2) is 16.1 Å². The SMILES string of the molecule is CCCc1cnccc1C(=O)O. The minimum atomic E-state index is -0.874. The lowest BCUT2D eigenvalue weighted by molar-refractivity contribution is 0.0695. The number of aromatic nitrogens is 1. The normalized spacial score (nSPS) is 9.75. The summed E-state index contributed by atoms with van der Waals surface area (Å²) in [6, 6.07) is 1.54. The van der Waals surface area contributed by atoms with Crippen LogP contribution >= 0.6 is 0 Å². The summed E-state index contributed by atoms with van der Waals surface area (Å²) in [4.78, 5) is 14.6. The number of nitrogens with zero attached hydrogens (tertiary/aromatic N) is 1. The van der Waals surface area contributed by atoms with E-state index >= 15 is 0 Å². The molecular formula is C9H11NO2. The second-order valence-electron chi connectivity index (χ2n) is 2.59. The Balaban J connectivity index is 3.00. The van der Waals surface area contributed by atoms with E-state index < -0.39 is 5.97 Å². The first-order valence-electron chi connectivity index (χ1n) is 3.92. The van der Waals surface area contributed by atoms with Crippen LogP contribution in [0.15, 0.2) is 18.5 Å². The molecule has 0 fully saturated rings. The second-order valence-corrected chi connectivity index (χ2v) is 2.59. The predicted molar refractivity (Wildman–Crippen MR) is 45.2 cm³/mol. The smallest absolute Gasteiger partial charge is 0.336 e. The van der Waals surface area contributed by atoms with Gasteiger partial charge >= 0.3 is 5.97 Å². The maximum absolute atomic E-state index is 10.7. The summed E-state index contributed by atoms with van der Waals surface area (Å²) >= 11 is 0. The zero-order valence-electron chi connectivity index (χ0n) is 6.95. The molecule has 0 bridgehead atoms. The molecule has 1 aromatic rings. The Hall–Kier alpha value is -1.38. The largest absolute Gasteiger partial charge is 0.478 e. The van der Waals surface area contributed by atoms with Gasteiger partial charge in [0.2, 0.25) is 0 Å². The molecule has 1 heterocycles. The first-order valence-corrected chi connectivity index (χ1v) is 3.92. The molecule has 1 rings (SSSR count). The van der Waals surface area contributed by atoms with Crippen LogP contribution < -0.4 is 0 Å². The van der Waals surface area contributed by atoms with Crippen LogP contribution in [0.1, 0.15) is 29.3 Å². The number of hydrogen-bond acceptors (Lipinski definition) is 2. The minimum Gasteiger partial charge on any atom is -0.478 e. The second kappa shape index (κ2) is 3.85. The molecule has 0 spiro atoms. The van der Waals surface area contributed by atoms with Crippen molar-refractivity contribution in [3.05, 3.63) is 29.6 Å². The fourth-order valence-electron chi connectivity index (χ4n) is 1.10. The number of aryl methyl sites for hydroxylation is 1. The molecule has 0 amide bonds. The van der Waals surface area contributed by atoms with Gasteiger partial charge in [-0.1, -0.05) is 13.3 Å². The highest BCUT2D eigenvalue weighted by Gasteiger charge is 2.07. The van der Waals surface area contributed by atoms with Gasteiger partial charge in [-0.05, 0) is 18.1 Å². The van der Waals surface area contributed by atoms with Crippen LogP contribution in [-0.2, 0) is 6.42 Å². The molecule has 0 aromatic carbocycles. The first-order chi connectivity index (χ1) is 5.75. The summed E-state index contributed by atoms with van der Waals surface area (Å²) in [6.07, 6.45) is 4.83. The van der Waals surface area contributed by atoms with Gasteiger partial charge in [0.05, 0.1) is 5.56 Å². The summed E-state index contributed by atoms with van der Waals surface area (Å²) < 4.78 is 0. The van der Waals surface area contributed by atoms with Crippen molar-refractivity contribution in [2.45, 2.75) is 19.8 Å². The summed E-state index contributed by atoms with van der Waals surface area (Å²) in [5.41, 5.74) is 1.18. The van der Waals surface area contributed by atoms with Gasteiger partial charge in [0, 0.05) is 12.4 Å². The highest BCUT2D eigenvalue weighted by Crippen LogP contribution is 2.08. The number of pyridine rings is 1. The maximum atomic E-state index is 10.7. The van der Waals surface area contributed by atoms with Crippen molar-refractivity contribution in [1.29, 1.82) is 0 Å². The number of carbonyl (C=O) groups is 1. The van der Waals surface area contributed by atoms with E-state index in [1.54, 1.807) is 6.20 Å². The lowest BCUT2D eigenvalue weighted by atomic mass is 10.1. The van der Waals surface area contributed by atoms with Crippen LogP contribution in [0.4, 0.5) is 0 Å². The Morgan fingerprint density at radius 2 is 2.42 bits per heavy atom. The summed E-state index contributed by atoms with van der Waals surface area (Å²) in [6.45, 7) is 2.01. The van der Waals surface area contributed by atoms with Crippen molar-refractivity contribution >= 4 is 5.97 Å². The van der Waals surface area contributed by atoms with E-state index in [1.165, 1.54) is 12.3 Å². The lowest BCUT2D eigenvalue weighted by Gasteiger charge is -2.01. The molecule has 0 saturated heterocycles. The van der Waals surface area contributed by atoms with Crippen LogP contribution in [0.25, 0.3) is 0 Å². The van der Waals surface area contributed by atoms with Gasteiger partial charge in [0.1, 0.15) is 0 Å². The van der Waals surface area contributed by atoms with Gasteiger partial charge in [-0.3, -0.25) is 4.98 Å². The average Bonchev–Trinajstić information content (AvgIpc) is 2.05. The molecule has 0 aliphatic heterocycles. The zero-order valence-corrected chi connectivity index (χ0v) is 6.95. The quantitative estimate of drug-likeness (QED) is 0.742. The topological polar surface area (TPSA) is 50.2 Å². The molecule has 3 nitrogen and oxygen atoms in total. The Bertz CT molecular complexity index is 284. The molecular weight excluding hydrogens is 154 g/mol. The molecule has 64 valence electrons. The molecule has 0 aliphatic rings. The van der Waals surface area contributed by atoms with Gasteiger partial charge in [0.15, 0.2) is 0 Å². The molecule has 0 unspecified atom stereocenters. The van der Waals surface area contributed by atoms with Crippen molar-refractivity contribution in [3.8, 4) is 0 Å². The van der Waals surface area contributed by atoms with E-state index in [2.05, 4.69) is 4.98 Å². The van der Waals surface area contributed by atoms with Crippen molar-refractivity contribution in [3.63, 3.8) is 0 Å². The molecule has 0 saturated carbocycles. The Kier molecular flexibility index (Phi) is 2.80. The Morgan fingerprint density at radius 1 is 1.67 bits per heavy atom. The van der Waals surface area contributed by atoms with Crippen LogP contribution in [0, 0.1) is 0 Å². The third-order valence-electron chi connectivity index (χ3n) is 1.65. The molecule has 1 aromatic heterocycles. The van der Waals surface area contributed by atoms with Crippen molar-refractivity contribution < 1.29 is 9.90 Å². The van der Waals surface area contributed by atoms with E-state index in [0.29, 0.717) is 5.56 Å². The number of rotatable bonds is 3. The molecule has 3 heteroatoms. The molecule has 0 radical (unpaired) electrons. The van der Waals surface area contributed by atoms with E-state index in [-0.39, 0.29) is 0 Å². The van der Waals surface area contributed by atoms with Gasteiger partial charge in [-0.15, -0.1) is 0 Å². The fourth-order valence-corrected chi connectivity index (χ4v) is 1.10. The zero-order chi connectivity index (χ0) is 8.97. The molecule has 0 atom stereocenters. The summed E-state index contributed by atoms with van der Waals surface area (Å²) in [5.74, 6) is -0.874. The molecule has 0 aliphatic carbocycles. The van der Waals surface area contributed by atoms with Gasteiger partial charge < -0.3 is 5.11 Å². The summed E-state index contributed by atoms with van der Waals surface area (Å²) in [5, 5.41) is 8.76. The van der Waals surface area contributed by atoms with Gasteiger partial charge in [-0.25, -0.2) is 4.79 Å². The lowest BCUT2D eigenvalue weighted by Crippen LogP contribution is -2.02. The molecule has 1 N–H and O–H groups in total. The minimum absolute atomic E-state index is 0.367. The van der Waals surface area contributed by atoms with Crippen molar-refractivity contribution in [2.24, 2.45) is 0 Å². The third-order valence-corrected chi connectivity index (χ3v) is 1.65. The number of hydrogen-bond donors (Lipinski definition) is 1. The first kappa shape index (κ1) is 8.71. The van der Waals surface area contributed by atoms with Crippen molar-refractivity contribution in [1.82, 2.24) is 4.98 Å². The molecule has 12 heavy (non-hydrogen) atoms. The van der Waals surface area contributed by atoms with Gasteiger partial charge in [0.25, 0.3) is 0 Å². The van der Waals surface area contributed by atoms with E-state index in [1.807, 2.05) is 6.92 Å². The predicted octanol–water partition coefficient (Wildman–Crippen LogP) is 1.73. The van der Waals surface area contributed by atoms with Gasteiger partial charge in [-0.2, -0.15) is 0 Å². The van der Waals surface area contributed by atoms with Crippen LogP contribution in [0.5, 0.6) is 0 Å². The van der Waals surface area contributed by atoms with E-state index in [0.717, 1.165) is 18.4 Å². The average molecular weight is 165 g/mol. The Labute approximate surface area is 71.1 Å². The highest BCUT2D eigenvalue weighted by atomic mass is 16.4. The number of aromatic carboxylic acids is 1. The standard InChI is InChI=1S/C9H11NO2/c1-2-3-7-6-10-5-4-8(7)9(11)12/h4-6H,2-3H2,1H3,(H,11,12). The van der Waals surface area contributed by atoms with E-state index in [4.69, 9.17) is 5.11 Å². The monoisotopic (exact) mass is 165 g/mol. The third kappa shape index (κ3) is 1.81. The number of carboxylic acids is 1. The van der Waals surface area contributed by atoms with Crippen LogP contribution in [0.2, 0.25) is 0 Å². The number of carboxylic acid groups (broad SMARTS) is 1. The van der Waals surface area contributed by atoms with E-state index in [9.17, 15) is 4.79 Å².